The predicted molar refractivity (Wildman–Crippen MR) is 87.9 cm³/mol. The maximum absolute atomic E-state index is 12.6. The van der Waals surface area contributed by atoms with E-state index in [1.165, 1.54) is 11.0 Å². The van der Waals surface area contributed by atoms with Gasteiger partial charge in [-0.05, 0) is 20.3 Å². The van der Waals surface area contributed by atoms with Crippen molar-refractivity contribution in [3.63, 3.8) is 0 Å². The Balaban J connectivity index is 2.20. The van der Waals surface area contributed by atoms with E-state index in [2.05, 4.69) is 5.16 Å². The summed E-state index contributed by atoms with van der Waals surface area (Å²) in [4.78, 5) is 14.0. The molecule has 0 N–H and O–H groups in total. The molecule has 0 bridgehead atoms. The molecular weight excluding hydrogens is 358 g/mol. The number of amides is 1. The molecule has 1 unspecified atom stereocenters. The number of nitrogens with zero attached hydrogens (tertiary/aromatic N) is 3. The molecule has 1 aromatic rings. The first-order valence-electron chi connectivity index (χ1n) is 7.44. The van der Waals surface area contributed by atoms with Crippen LogP contribution in [0, 0.1) is 6.92 Å². The number of hydrogen-bond acceptors (Lipinski definition) is 7. The first-order valence-corrected chi connectivity index (χ1v) is 11.1. The van der Waals surface area contributed by atoms with Crippen LogP contribution in [0.2, 0.25) is 0 Å². The number of likely N-dealkylation sites (N-methyl/N-ethyl adjacent to an activating group) is 1. The Morgan fingerprint density at radius 3 is 2.54 bits per heavy atom. The number of aryl methyl sites for hydroxylation is 1. The molecule has 0 aromatic carbocycles. The van der Waals surface area contributed by atoms with Crippen molar-refractivity contribution in [2.24, 2.45) is 0 Å². The third-order valence-electron chi connectivity index (χ3n) is 3.86. The van der Waals surface area contributed by atoms with Crippen LogP contribution in [0.4, 0.5) is 5.82 Å². The van der Waals surface area contributed by atoms with Crippen LogP contribution in [-0.4, -0.2) is 69.7 Å². The maximum Gasteiger partial charge on any atom is 0.243 e. The number of carbonyl (C=O) groups is 1. The molecule has 136 valence electrons. The topological polar surface area (TPSA) is 118 Å². The van der Waals surface area contributed by atoms with E-state index in [1.54, 1.807) is 13.8 Å². The molecule has 1 aromatic heterocycles. The molecule has 9 nitrogen and oxygen atoms in total. The molecule has 0 spiro atoms. The molecule has 11 heteroatoms. The van der Waals surface area contributed by atoms with Crippen LogP contribution in [0.3, 0.4) is 0 Å². The number of aromatic nitrogens is 1. The Hall–Kier alpha value is -1.62. The molecule has 1 aliphatic rings. The molecule has 1 amide bonds. The lowest BCUT2D eigenvalue weighted by atomic mass is 10.2. The molecule has 1 aliphatic heterocycles. The van der Waals surface area contributed by atoms with Crippen molar-refractivity contribution in [1.29, 1.82) is 0 Å². The first kappa shape index (κ1) is 18.7. The van der Waals surface area contributed by atoms with Crippen LogP contribution >= 0.6 is 0 Å². The second kappa shape index (κ2) is 6.71. The summed E-state index contributed by atoms with van der Waals surface area (Å²) in [6, 6.07) is 0.998. The van der Waals surface area contributed by atoms with Crippen molar-refractivity contribution < 1.29 is 26.2 Å². The second-order valence-corrected chi connectivity index (χ2v) is 9.94. The van der Waals surface area contributed by atoms with Crippen LogP contribution in [0.1, 0.15) is 19.1 Å². The van der Waals surface area contributed by atoms with Gasteiger partial charge in [-0.25, -0.2) is 21.1 Å². The van der Waals surface area contributed by atoms with Crippen LogP contribution in [0.25, 0.3) is 0 Å². The van der Waals surface area contributed by atoms with Gasteiger partial charge in [-0.15, -0.1) is 0 Å². The van der Waals surface area contributed by atoms with Crippen molar-refractivity contribution in [3.05, 3.63) is 11.8 Å². The van der Waals surface area contributed by atoms with E-state index in [0.717, 1.165) is 10.6 Å². The van der Waals surface area contributed by atoms with E-state index in [-0.39, 0.29) is 17.3 Å². The quantitative estimate of drug-likeness (QED) is 0.671. The van der Waals surface area contributed by atoms with Crippen molar-refractivity contribution in [3.8, 4) is 0 Å². The number of rotatable bonds is 6. The van der Waals surface area contributed by atoms with E-state index in [1.807, 2.05) is 0 Å². The third-order valence-corrected chi connectivity index (χ3v) is 6.73. The molecule has 0 radical (unpaired) electrons. The number of sulfonamides is 1. The van der Waals surface area contributed by atoms with Gasteiger partial charge in [-0.2, -0.15) is 0 Å². The normalized spacial score (nSPS) is 20.0. The zero-order valence-corrected chi connectivity index (χ0v) is 15.4. The highest BCUT2D eigenvalue weighted by molar-refractivity contribution is 7.92. The van der Waals surface area contributed by atoms with Gasteiger partial charge >= 0.3 is 0 Å². The highest BCUT2D eigenvalue weighted by Crippen LogP contribution is 2.20. The molecule has 2 heterocycles. The van der Waals surface area contributed by atoms with Crippen LogP contribution in [-0.2, 0) is 24.7 Å². The molecule has 24 heavy (non-hydrogen) atoms. The summed E-state index contributed by atoms with van der Waals surface area (Å²) in [5.74, 6) is -0.0710. The smallest absolute Gasteiger partial charge is 0.243 e. The fourth-order valence-electron chi connectivity index (χ4n) is 2.71. The standard InChI is InChI=1S/C13H21N3O6S2/c1-4-15(11-5-6-24(20,21)9-11)13(17)8-16(23(3,18)19)12-7-10(2)22-14-12/h7,11H,4-6,8-9H2,1-3H3. The van der Waals surface area contributed by atoms with Gasteiger partial charge in [0, 0.05) is 18.7 Å². The van der Waals surface area contributed by atoms with E-state index >= 15 is 0 Å². The van der Waals surface area contributed by atoms with Gasteiger partial charge in [-0.3, -0.25) is 4.79 Å². The summed E-state index contributed by atoms with van der Waals surface area (Å²) < 4.78 is 53.0. The predicted octanol–water partition coefficient (Wildman–Crippen LogP) is -0.215. The number of anilines is 1. The van der Waals surface area contributed by atoms with E-state index in [4.69, 9.17) is 4.52 Å². The zero-order chi connectivity index (χ0) is 18.1. The average Bonchev–Trinajstić information content (AvgIpc) is 3.01. The van der Waals surface area contributed by atoms with Crippen LogP contribution in [0.15, 0.2) is 10.6 Å². The molecule has 0 saturated carbocycles. The van der Waals surface area contributed by atoms with Gasteiger partial charge < -0.3 is 9.42 Å². The van der Waals surface area contributed by atoms with Crippen molar-refractivity contribution in [2.45, 2.75) is 26.3 Å². The third kappa shape index (κ3) is 4.26. The summed E-state index contributed by atoms with van der Waals surface area (Å²) in [5.41, 5.74) is 0. The zero-order valence-electron chi connectivity index (χ0n) is 13.8. The number of sulfone groups is 1. The molecular formula is C13H21N3O6S2. The van der Waals surface area contributed by atoms with E-state index < -0.39 is 38.4 Å². The monoisotopic (exact) mass is 379 g/mol. The summed E-state index contributed by atoms with van der Waals surface area (Å²) in [7, 11) is -6.89. The van der Waals surface area contributed by atoms with Gasteiger partial charge in [0.15, 0.2) is 15.7 Å². The average molecular weight is 379 g/mol. The van der Waals surface area contributed by atoms with Gasteiger partial charge in [0.1, 0.15) is 12.3 Å². The first-order chi connectivity index (χ1) is 11.0. The molecule has 1 fully saturated rings. The Morgan fingerprint density at radius 1 is 1.46 bits per heavy atom. The molecule has 1 atom stereocenters. The minimum absolute atomic E-state index is 0.0263. The van der Waals surface area contributed by atoms with Gasteiger partial charge in [-0.1, -0.05) is 5.16 Å². The molecule has 0 aliphatic carbocycles. The molecule has 2 rings (SSSR count). The molecule has 1 saturated heterocycles. The summed E-state index contributed by atoms with van der Waals surface area (Å²) in [5, 5.41) is 3.65. The summed E-state index contributed by atoms with van der Waals surface area (Å²) >= 11 is 0. The lowest BCUT2D eigenvalue weighted by Crippen LogP contribution is -2.47. The maximum atomic E-state index is 12.6. The largest absolute Gasteiger partial charge is 0.360 e. The Kier molecular flexibility index (Phi) is 5.23. The highest BCUT2D eigenvalue weighted by atomic mass is 32.2. The SMILES string of the molecule is CCN(C(=O)CN(c1cc(C)on1)S(C)(=O)=O)C1CCS(=O)(=O)C1. The Bertz CT molecular complexity index is 815. The van der Waals surface area contributed by atoms with E-state index in [9.17, 15) is 21.6 Å². The highest BCUT2D eigenvalue weighted by Gasteiger charge is 2.35. The lowest BCUT2D eigenvalue weighted by molar-refractivity contribution is -0.131. The van der Waals surface area contributed by atoms with Gasteiger partial charge in [0.05, 0.1) is 17.8 Å². The number of carbonyl (C=O) groups excluding carboxylic acids is 1. The summed E-state index contributed by atoms with van der Waals surface area (Å²) in [6.07, 6.45) is 1.34. The van der Waals surface area contributed by atoms with Crippen molar-refractivity contribution in [2.75, 3.05) is 35.2 Å². The van der Waals surface area contributed by atoms with Crippen molar-refractivity contribution >= 4 is 31.6 Å². The van der Waals surface area contributed by atoms with Crippen LogP contribution < -0.4 is 4.31 Å². The minimum atomic E-state index is -3.74. The Labute approximate surface area is 141 Å². The second-order valence-electron chi connectivity index (χ2n) is 5.80. The van der Waals surface area contributed by atoms with Gasteiger partial charge in [0.2, 0.25) is 15.9 Å². The summed E-state index contributed by atoms with van der Waals surface area (Å²) in [6.45, 7) is 3.19. The lowest BCUT2D eigenvalue weighted by Gasteiger charge is -2.29. The fourth-order valence-corrected chi connectivity index (χ4v) is 5.21. The minimum Gasteiger partial charge on any atom is -0.360 e. The number of hydrogen-bond donors (Lipinski definition) is 0. The van der Waals surface area contributed by atoms with E-state index in [0.29, 0.717) is 18.7 Å². The van der Waals surface area contributed by atoms with Gasteiger partial charge in [0.25, 0.3) is 0 Å². The van der Waals surface area contributed by atoms with Crippen molar-refractivity contribution in [1.82, 2.24) is 10.1 Å². The van der Waals surface area contributed by atoms with Crippen LogP contribution in [0.5, 0.6) is 0 Å². The Morgan fingerprint density at radius 2 is 2.12 bits per heavy atom. The fraction of sp³-hybridized carbons (Fsp3) is 0.692.